The summed E-state index contributed by atoms with van der Waals surface area (Å²) in [6, 6.07) is 3.67. The molecule has 3 aromatic heterocycles. The summed E-state index contributed by atoms with van der Waals surface area (Å²) < 4.78 is 45.2. The number of aryl methyl sites for hydroxylation is 1. The highest BCUT2D eigenvalue weighted by Gasteiger charge is 2.28. The number of nitrogen functional groups attached to an aromatic ring is 1. The van der Waals surface area contributed by atoms with Gasteiger partial charge in [0.1, 0.15) is 12.6 Å². The van der Waals surface area contributed by atoms with Crippen LogP contribution in [0.25, 0.3) is 22.6 Å². The molecule has 5 rings (SSSR count). The first-order chi connectivity index (χ1) is 17.1. The number of sulfonamides is 1. The number of ether oxygens (including phenoxy) is 2. The molecule has 0 bridgehead atoms. The number of nitrogens with two attached hydrogens (primary N) is 1. The molecule has 3 N–H and O–H groups in total. The van der Waals surface area contributed by atoms with Crippen molar-refractivity contribution in [3.63, 3.8) is 0 Å². The predicted molar refractivity (Wildman–Crippen MR) is 133 cm³/mol. The molecule has 1 aliphatic heterocycles. The van der Waals surface area contributed by atoms with E-state index in [0.717, 1.165) is 4.90 Å². The third-order valence-corrected chi connectivity index (χ3v) is 8.77. The van der Waals surface area contributed by atoms with E-state index in [2.05, 4.69) is 19.7 Å². The number of rotatable bonds is 8. The average molecular weight is 532 g/mol. The van der Waals surface area contributed by atoms with E-state index in [4.69, 9.17) is 24.6 Å². The fourth-order valence-electron chi connectivity index (χ4n) is 3.50. The van der Waals surface area contributed by atoms with Crippen LogP contribution in [0.4, 0.5) is 5.82 Å². The van der Waals surface area contributed by atoms with Gasteiger partial charge in [-0.15, -0.1) is 0 Å². The monoisotopic (exact) mass is 531 g/mol. The molecule has 0 amide bonds. The van der Waals surface area contributed by atoms with Crippen LogP contribution in [0, 0.1) is 0 Å². The molecule has 0 aliphatic carbocycles. The summed E-state index contributed by atoms with van der Waals surface area (Å²) in [7, 11) is -3.45. The van der Waals surface area contributed by atoms with E-state index in [0.29, 0.717) is 52.2 Å². The van der Waals surface area contributed by atoms with E-state index < -0.39 is 14.8 Å². The molecule has 1 aliphatic rings. The highest BCUT2D eigenvalue weighted by molar-refractivity contribution is 7.99. The SMILES string of the molecule is CC(C)(C)S(=O)(=O)NCCCn1c(Sc2cc3c(cc2-c2ncco2)OCO3)nc2c(N)ncnc21. The molecule has 0 unspecified atom stereocenters. The number of imidazole rings is 1. The smallest absolute Gasteiger partial charge is 0.231 e. The van der Waals surface area contributed by atoms with Crippen molar-refractivity contribution in [1.29, 1.82) is 0 Å². The summed E-state index contributed by atoms with van der Waals surface area (Å²) in [4.78, 5) is 18.2. The fraction of sp³-hybridized carbons (Fsp3) is 0.364. The molecule has 36 heavy (non-hydrogen) atoms. The second-order valence-corrected chi connectivity index (χ2v) is 12.5. The van der Waals surface area contributed by atoms with E-state index in [1.807, 2.05) is 16.7 Å². The number of aromatic nitrogens is 5. The highest BCUT2D eigenvalue weighted by Crippen LogP contribution is 2.44. The van der Waals surface area contributed by atoms with Gasteiger partial charge in [0.2, 0.25) is 22.7 Å². The van der Waals surface area contributed by atoms with Gasteiger partial charge in [-0.25, -0.2) is 33.1 Å². The van der Waals surface area contributed by atoms with Gasteiger partial charge in [0.15, 0.2) is 33.6 Å². The van der Waals surface area contributed by atoms with Crippen LogP contribution in [0.1, 0.15) is 27.2 Å². The summed E-state index contributed by atoms with van der Waals surface area (Å²) in [6.07, 6.45) is 4.95. The van der Waals surface area contributed by atoms with Crippen molar-refractivity contribution >= 4 is 38.8 Å². The topological polar surface area (TPSA) is 160 Å². The molecule has 12 nitrogen and oxygen atoms in total. The number of nitrogens with zero attached hydrogens (tertiary/aromatic N) is 5. The Morgan fingerprint density at radius 2 is 1.94 bits per heavy atom. The lowest BCUT2D eigenvalue weighted by atomic mass is 10.2. The third kappa shape index (κ3) is 4.58. The number of anilines is 1. The molecule has 0 atom stereocenters. The Balaban J connectivity index is 1.48. The largest absolute Gasteiger partial charge is 0.454 e. The van der Waals surface area contributed by atoms with Crippen LogP contribution in [0.3, 0.4) is 0 Å². The standard InChI is InChI=1S/C22H25N7O5S2/c1-22(2,3)36(30,31)27-5-4-7-29-19-17(18(23)25-11-26-19)28-21(29)35-16-10-15-14(33-12-34-15)9-13(16)20-24-6-8-32-20/h6,8-11,27H,4-5,7,12H2,1-3H3,(H2,23,25,26). The van der Waals surface area contributed by atoms with Crippen LogP contribution >= 0.6 is 11.8 Å². The Hall–Kier alpha value is -3.36. The quantitative estimate of drug-likeness (QED) is 0.322. The van der Waals surface area contributed by atoms with E-state index in [1.54, 1.807) is 27.0 Å². The molecular weight excluding hydrogens is 506 g/mol. The molecule has 0 saturated heterocycles. The second kappa shape index (κ2) is 9.26. The van der Waals surface area contributed by atoms with E-state index >= 15 is 0 Å². The molecule has 0 radical (unpaired) electrons. The number of oxazole rings is 1. The van der Waals surface area contributed by atoms with Crippen LogP contribution < -0.4 is 19.9 Å². The molecule has 4 heterocycles. The second-order valence-electron chi connectivity index (χ2n) is 8.98. The van der Waals surface area contributed by atoms with Crippen molar-refractivity contribution in [2.24, 2.45) is 0 Å². The number of hydrogen-bond donors (Lipinski definition) is 2. The molecule has 4 aromatic rings. The Bertz CT molecular complexity index is 1510. The minimum absolute atomic E-state index is 0.129. The van der Waals surface area contributed by atoms with Crippen molar-refractivity contribution in [3.8, 4) is 23.0 Å². The van der Waals surface area contributed by atoms with Gasteiger partial charge < -0.3 is 24.2 Å². The number of nitrogens with one attached hydrogen (secondary N) is 1. The summed E-state index contributed by atoms with van der Waals surface area (Å²) >= 11 is 1.36. The first kappa shape index (κ1) is 24.3. The van der Waals surface area contributed by atoms with E-state index in [1.165, 1.54) is 24.4 Å². The van der Waals surface area contributed by atoms with E-state index in [9.17, 15) is 8.42 Å². The summed E-state index contributed by atoms with van der Waals surface area (Å²) in [5.74, 6) is 1.88. The number of hydrogen-bond acceptors (Lipinski definition) is 11. The van der Waals surface area contributed by atoms with Crippen molar-refractivity contribution in [3.05, 3.63) is 30.9 Å². The van der Waals surface area contributed by atoms with Gasteiger partial charge in [0.25, 0.3) is 0 Å². The zero-order valence-electron chi connectivity index (χ0n) is 19.9. The maximum atomic E-state index is 12.4. The maximum Gasteiger partial charge on any atom is 0.231 e. The zero-order valence-corrected chi connectivity index (χ0v) is 21.5. The normalized spacial score (nSPS) is 13.5. The first-order valence-corrected chi connectivity index (χ1v) is 13.4. The van der Waals surface area contributed by atoms with E-state index in [-0.39, 0.29) is 19.2 Å². The molecule has 0 fully saturated rings. The Kier molecular flexibility index (Phi) is 6.26. The molecule has 1 aromatic carbocycles. The minimum atomic E-state index is -3.45. The van der Waals surface area contributed by atoms with Gasteiger partial charge in [-0.05, 0) is 39.3 Å². The lowest BCUT2D eigenvalue weighted by Gasteiger charge is -2.19. The Morgan fingerprint density at radius 3 is 2.67 bits per heavy atom. The lowest BCUT2D eigenvalue weighted by molar-refractivity contribution is 0.174. The Morgan fingerprint density at radius 1 is 1.17 bits per heavy atom. The third-order valence-electron chi connectivity index (χ3n) is 5.52. The van der Waals surface area contributed by atoms with Crippen molar-refractivity contribution in [1.82, 2.24) is 29.2 Å². The van der Waals surface area contributed by atoms with Crippen LogP contribution in [0.15, 0.2) is 45.4 Å². The molecule has 14 heteroatoms. The summed E-state index contributed by atoms with van der Waals surface area (Å²) in [5, 5.41) is 0.600. The average Bonchev–Trinajstić information content (AvgIpc) is 3.56. The van der Waals surface area contributed by atoms with Crippen LogP contribution in [0.2, 0.25) is 0 Å². The first-order valence-electron chi connectivity index (χ1n) is 11.1. The predicted octanol–water partition coefficient (Wildman–Crippen LogP) is 3.05. The number of benzene rings is 1. The lowest BCUT2D eigenvalue weighted by Crippen LogP contribution is -2.39. The van der Waals surface area contributed by atoms with Gasteiger partial charge >= 0.3 is 0 Å². The Labute approximate surface area is 211 Å². The minimum Gasteiger partial charge on any atom is -0.454 e. The summed E-state index contributed by atoms with van der Waals surface area (Å²) in [6.45, 7) is 5.80. The summed E-state index contributed by atoms with van der Waals surface area (Å²) in [5.41, 5.74) is 7.82. The van der Waals surface area contributed by atoms with Gasteiger partial charge in [-0.3, -0.25) is 0 Å². The molecule has 0 saturated carbocycles. The molecule has 0 spiro atoms. The zero-order chi connectivity index (χ0) is 25.5. The van der Waals surface area contributed by atoms with Gasteiger partial charge in [0, 0.05) is 18.0 Å². The van der Waals surface area contributed by atoms with Gasteiger partial charge in [-0.1, -0.05) is 11.8 Å². The number of fused-ring (bicyclic) bond motifs is 2. The van der Waals surface area contributed by atoms with Crippen molar-refractivity contribution in [2.45, 2.75) is 48.5 Å². The van der Waals surface area contributed by atoms with Crippen LogP contribution in [-0.4, -0.2) is 51.0 Å². The molecular formula is C22H25N7O5S2. The van der Waals surface area contributed by atoms with Crippen molar-refractivity contribution < 1.29 is 22.3 Å². The highest BCUT2D eigenvalue weighted by atomic mass is 32.2. The fourth-order valence-corrected chi connectivity index (χ4v) is 5.39. The maximum absolute atomic E-state index is 12.4. The van der Waals surface area contributed by atoms with Crippen LogP contribution in [0.5, 0.6) is 11.5 Å². The van der Waals surface area contributed by atoms with Crippen LogP contribution in [-0.2, 0) is 16.6 Å². The van der Waals surface area contributed by atoms with Gasteiger partial charge in [-0.2, -0.15) is 0 Å². The van der Waals surface area contributed by atoms with Crippen molar-refractivity contribution in [2.75, 3.05) is 19.1 Å². The van der Waals surface area contributed by atoms with Gasteiger partial charge in [0.05, 0.1) is 16.5 Å². The molecule has 190 valence electrons.